The predicted octanol–water partition coefficient (Wildman–Crippen LogP) is 0.748. The Morgan fingerprint density at radius 3 is 2.45 bits per heavy atom. The maximum absolute atomic E-state index is 9.34. The Balaban J connectivity index is 0.00000160. The van der Waals surface area contributed by atoms with Crippen molar-refractivity contribution >= 4 is 13.6 Å². The van der Waals surface area contributed by atoms with Gasteiger partial charge in [0.1, 0.15) is 0 Å². The Hall–Kier alpha value is -0.440. The molecule has 2 aromatic rings. The van der Waals surface area contributed by atoms with Gasteiger partial charge in [0.15, 0.2) is 0 Å². The second-order valence-electron chi connectivity index (χ2n) is 8.86. The van der Waals surface area contributed by atoms with Crippen molar-refractivity contribution in [3.8, 4) is 11.1 Å². The number of hydrogen-bond donors (Lipinski definition) is 1. The fourth-order valence-corrected chi connectivity index (χ4v) is 7.43. The van der Waals surface area contributed by atoms with Gasteiger partial charge in [0, 0.05) is 6.61 Å². The summed E-state index contributed by atoms with van der Waals surface area (Å²) >= 11 is 0. The van der Waals surface area contributed by atoms with Crippen LogP contribution in [0.25, 0.3) is 16.7 Å². The number of aliphatic hydroxyl groups is 1. The van der Waals surface area contributed by atoms with Crippen LogP contribution >= 0.6 is 0 Å². The molecule has 0 saturated carbocycles. The van der Waals surface area contributed by atoms with Crippen molar-refractivity contribution in [2.24, 2.45) is 0 Å². The molecule has 0 heterocycles. The third-order valence-corrected chi connectivity index (χ3v) is 10.5. The molecule has 0 amide bonds. The van der Waals surface area contributed by atoms with Gasteiger partial charge in [-0.1, -0.05) is 85.2 Å². The average molecular weight is 550 g/mol. The quantitative estimate of drug-likeness (QED) is 0.417. The predicted molar refractivity (Wildman–Crippen MR) is 122 cm³/mol. The molecule has 0 fully saturated rings. The molecule has 2 aliphatic rings. The minimum absolute atomic E-state index is 0. The van der Waals surface area contributed by atoms with E-state index in [9.17, 15) is 5.11 Å². The summed E-state index contributed by atoms with van der Waals surface area (Å²) in [5.74, 6) is 0.412. The Bertz CT molecular complexity index is 981. The van der Waals surface area contributed by atoms with Crippen LogP contribution in [0.5, 0.6) is 0 Å². The first-order chi connectivity index (χ1) is 13.5. The molecule has 163 valence electrons. The Kier molecular flexibility index (Phi) is 10.7. The van der Waals surface area contributed by atoms with Gasteiger partial charge in [0.05, 0.1) is 8.07 Å². The van der Waals surface area contributed by atoms with Gasteiger partial charge in [0.25, 0.3) is 0 Å². The van der Waals surface area contributed by atoms with Crippen molar-refractivity contribution in [1.82, 2.24) is 0 Å². The standard InChI is InChI=1S/C26H31OSi.2ClH.Zr/c1-5-28(3,4)26-19(9-8-16-27)12-14-22(26)20-13-15-24-23-11-7-6-10-21(23)18(2)25(24)17-20;;;/h6-7,10-13,15,18,27H,5,8-9,14,16H2,1-4H3;2*1H;/q-1;;;+3/p-2. The van der Waals surface area contributed by atoms with Crippen molar-refractivity contribution in [3.05, 3.63) is 76.0 Å². The Morgan fingerprint density at radius 1 is 1.06 bits per heavy atom. The molecule has 1 N–H and O–H groups in total. The summed E-state index contributed by atoms with van der Waals surface area (Å²) in [6.45, 7) is 9.90. The van der Waals surface area contributed by atoms with Crippen LogP contribution in [-0.2, 0) is 26.2 Å². The third-order valence-electron chi connectivity index (χ3n) is 6.79. The fourth-order valence-electron chi connectivity index (χ4n) is 4.92. The molecule has 31 heavy (non-hydrogen) atoms. The molecule has 4 rings (SSSR count). The number of halogens is 2. The summed E-state index contributed by atoms with van der Waals surface area (Å²) in [6, 6.07) is 18.5. The summed E-state index contributed by atoms with van der Waals surface area (Å²) in [6.07, 6.45) is 5.29. The van der Waals surface area contributed by atoms with Gasteiger partial charge in [-0.15, -0.1) is 34.9 Å². The van der Waals surface area contributed by atoms with E-state index in [4.69, 9.17) is 0 Å². The van der Waals surface area contributed by atoms with Gasteiger partial charge in [-0.05, 0) is 30.7 Å². The first kappa shape index (κ1) is 28.6. The third kappa shape index (κ3) is 5.22. The normalized spacial score (nSPS) is 16.5. The molecule has 0 spiro atoms. The zero-order chi connectivity index (χ0) is 19.9. The number of hydrogen-bond acceptors (Lipinski definition) is 1. The first-order valence-corrected chi connectivity index (χ1v) is 13.9. The average Bonchev–Trinajstić information content (AvgIpc) is 3.27. The van der Waals surface area contributed by atoms with Gasteiger partial charge in [0.2, 0.25) is 0 Å². The van der Waals surface area contributed by atoms with E-state index in [1.54, 1.807) is 5.20 Å². The monoisotopic (exact) mass is 547 g/mol. The maximum Gasteiger partial charge on any atom is 3.00 e. The van der Waals surface area contributed by atoms with E-state index >= 15 is 0 Å². The van der Waals surface area contributed by atoms with Crippen LogP contribution in [0.2, 0.25) is 19.1 Å². The van der Waals surface area contributed by atoms with Crippen LogP contribution in [0.15, 0.2) is 53.2 Å². The van der Waals surface area contributed by atoms with Gasteiger partial charge in [-0.3, -0.25) is 0 Å². The number of aliphatic hydroxyl groups excluding tert-OH is 1. The van der Waals surface area contributed by atoms with E-state index < -0.39 is 8.07 Å². The van der Waals surface area contributed by atoms with Crippen molar-refractivity contribution in [2.45, 2.75) is 58.2 Å². The SMILES string of the molecule is CC[Si](C)(C)C1=C(c2[c-]c3c(cc2)-c2ccccc2C3C)CC=C1CCCO.[Cl-].[Cl-].[Zr+3]. The van der Waals surface area contributed by atoms with Crippen LogP contribution in [0.4, 0.5) is 0 Å². The molecular formula is C26H31Cl2OSiZr. The molecule has 0 aliphatic heterocycles. The number of fused-ring (bicyclic) bond motifs is 3. The minimum atomic E-state index is -1.50. The first-order valence-electron chi connectivity index (χ1n) is 10.7. The Morgan fingerprint density at radius 2 is 1.77 bits per heavy atom. The second kappa shape index (κ2) is 11.6. The number of rotatable bonds is 6. The molecule has 1 unspecified atom stereocenters. The van der Waals surface area contributed by atoms with Crippen LogP contribution in [0.1, 0.15) is 55.7 Å². The molecule has 0 saturated heterocycles. The Labute approximate surface area is 220 Å². The maximum atomic E-state index is 9.34. The molecule has 0 bridgehead atoms. The van der Waals surface area contributed by atoms with Crippen LogP contribution in [0.3, 0.4) is 0 Å². The van der Waals surface area contributed by atoms with Gasteiger partial charge in [-0.2, -0.15) is 0 Å². The van der Waals surface area contributed by atoms with Crippen LogP contribution in [-0.4, -0.2) is 19.8 Å². The molecule has 1 atom stereocenters. The van der Waals surface area contributed by atoms with Crippen LogP contribution in [0, 0.1) is 6.07 Å². The molecule has 1 nitrogen and oxygen atoms in total. The number of allylic oxidation sites excluding steroid dienone is 4. The summed E-state index contributed by atoms with van der Waals surface area (Å²) in [5.41, 5.74) is 9.79. The molecular weight excluding hydrogens is 519 g/mol. The zero-order valence-corrected chi connectivity index (χ0v) is 23.8. The van der Waals surface area contributed by atoms with E-state index in [-0.39, 0.29) is 57.6 Å². The summed E-state index contributed by atoms with van der Waals surface area (Å²) in [5, 5.41) is 11.0. The topological polar surface area (TPSA) is 20.2 Å². The van der Waals surface area contributed by atoms with Gasteiger partial charge in [-0.25, -0.2) is 0 Å². The minimum Gasteiger partial charge on any atom is -1.00 e. The van der Waals surface area contributed by atoms with E-state index in [0.717, 1.165) is 19.3 Å². The smallest absolute Gasteiger partial charge is 1.00 e. The molecule has 0 aromatic heterocycles. The van der Waals surface area contributed by atoms with E-state index in [1.807, 2.05) is 0 Å². The molecule has 2 aromatic carbocycles. The van der Waals surface area contributed by atoms with Gasteiger partial charge >= 0.3 is 26.2 Å². The largest absolute Gasteiger partial charge is 3.00 e. The zero-order valence-electron chi connectivity index (χ0n) is 18.9. The second-order valence-corrected chi connectivity index (χ2v) is 13.8. The van der Waals surface area contributed by atoms with Crippen molar-refractivity contribution in [1.29, 1.82) is 0 Å². The van der Waals surface area contributed by atoms with E-state index in [0.29, 0.717) is 5.92 Å². The summed E-state index contributed by atoms with van der Waals surface area (Å²) < 4.78 is 0. The van der Waals surface area contributed by atoms with Crippen LogP contribution < -0.4 is 24.8 Å². The van der Waals surface area contributed by atoms with Crippen molar-refractivity contribution < 1.29 is 56.1 Å². The van der Waals surface area contributed by atoms with Gasteiger partial charge < -0.3 is 29.9 Å². The summed E-state index contributed by atoms with van der Waals surface area (Å²) in [7, 11) is -1.50. The molecule has 5 heteroatoms. The van der Waals surface area contributed by atoms with E-state index in [2.05, 4.69) is 75.5 Å². The summed E-state index contributed by atoms with van der Waals surface area (Å²) in [4.78, 5) is 0. The fraction of sp³-hybridized carbons (Fsp3) is 0.385. The van der Waals surface area contributed by atoms with Crippen molar-refractivity contribution in [2.75, 3.05) is 6.61 Å². The van der Waals surface area contributed by atoms with Crippen molar-refractivity contribution in [3.63, 3.8) is 0 Å². The molecule has 1 radical (unpaired) electrons. The molecule has 2 aliphatic carbocycles. The number of benzene rings is 2. The van der Waals surface area contributed by atoms with E-state index in [1.165, 1.54) is 45.0 Å².